The lowest BCUT2D eigenvalue weighted by Crippen LogP contribution is -1.98. The molecule has 6 heteroatoms. The number of Topliss-reactive ketones (excluding diaryl/α,β-unsaturated/α-hetero) is 1. The zero-order valence-electron chi connectivity index (χ0n) is 16.5. The summed E-state index contributed by atoms with van der Waals surface area (Å²) in [7, 11) is 3.14. The first-order valence-corrected chi connectivity index (χ1v) is 10.0. The fourth-order valence-corrected chi connectivity index (χ4v) is 3.36. The van der Waals surface area contributed by atoms with Gasteiger partial charge in [-0.3, -0.25) is 4.79 Å². The molecule has 0 N–H and O–H groups in total. The molecular weight excluding hydrogens is 448 g/mol. The van der Waals surface area contributed by atoms with Gasteiger partial charge in [0.1, 0.15) is 18.1 Å². The number of allylic oxidation sites excluding steroid dienone is 1. The molecule has 0 radical (unpaired) electrons. The molecule has 3 aromatic carbocycles. The van der Waals surface area contributed by atoms with Crippen LogP contribution in [0.3, 0.4) is 0 Å². The lowest BCUT2D eigenvalue weighted by atomic mass is 10.1. The number of ether oxygens (including phenoxy) is 4. The third-order valence-electron chi connectivity index (χ3n) is 4.67. The van der Waals surface area contributed by atoms with Crippen LogP contribution in [-0.2, 0) is 6.61 Å². The molecule has 3 aromatic rings. The lowest BCUT2D eigenvalue weighted by molar-refractivity contribution is 0.101. The second-order valence-corrected chi connectivity index (χ2v) is 7.54. The highest BCUT2D eigenvalue weighted by Crippen LogP contribution is 2.36. The summed E-state index contributed by atoms with van der Waals surface area (Å²) in [5.41, 5.74) is 2.33. The van der Waals surface area contributed by atoms with Gasteiger partial charge in [-0.25, -0.2) is 0 Å². The molecule has 5 nitrogen and oxygen atoms in total. The second-order valence-electron chi connectivity index (χ2n) is 6.63. The number of ketones is 1. The van der Waals surface area contributed by atoms with Crippen molar-refractivity contribution in [2.75, 3.05) is 14.2 Å². The number of rotatable bonds is 6. The SMILES string of the molecule is COc1ccc(C=C2Oc3cc(OCc4ccc(Br)cc4)ccc3C2=O)cc1OC. The number of hydrogen-bond acceptors (Lipinski definition) is 5. The zero-order chi connectivity index (χ0) is 21.1. The number of carbonyl (C=O) groups excluding carboxylic acids is 1. The Morgan fingerprint density at radius 3 is 2.43 bits per heavy atom. The zero-order valence-corrected chi connectivity index (χ0v) is 18.1. The first kappa shape index (κ1) is 20.0. The Morgan fingerprint density at radius 1 is 0.933 bits per heavy atom. The van der Waals surface area contributed by atoms with Crippen LogP contribution in [0.1, 0.15) is 21.5 Å². The van der Waals surface area contributed by atoms with Crippen molar-refractivity contribution in [2.45, 2.75) is 6.61 Å². The third-order valence-corrected chi connectivity index (χ3v) is 5.19. The van der Waals surface area contributed by atoms with Crippen molar-refractivity contribution in [1.29, 1.82) is 0 Å². The van der Waals surface area contributed by atoms with E-state index in [0.29, 0.717) is 35.2 Å². The fraction of sp³-hybridized carbons (Fsp3) is 0.125. The van der Waals surface area contributed by atoms with Gasteiger partial charge in [-0.2, -0.15) is 0 Å². The minimum Gasteiger partial charge on any atom is -0.493 e. The molecule has 0 aliphatic carbocycles. The third kappa shape index (κ3) is 4.19. The maximum Gasteiger partial charge on any atom is 0.231 e. The van der Waals surface area contributed by atoms with E-state index in [1.54, 1.807) is 50.6 Å². The molecule has 1 aliphatic heterocycles. The van der Waals surface area contributed by atoms with Crippen molar-refractivity contribution in [3.05, 3.63) is 87.6 Å². The molecule has 0 aromatic heterocycles. The predicted octanol–water partition coefficient (Wildman–Crippen LogP) is 5.66. The second kappa shape index (κ2) is 8.63. The Labute approximate surface area is 183 Å². The summed E-state index contributed by atoms with van der Waals surface area (Å²) >= 11 is 3.42. The largest absolute Gasteiger partial charge is 0.493 e. The van der Waals surface area contributed by atoms with Gasteiger partial charge in [0, 0.05) is 10.5 Å². The molecule has 30 heavy (non-hydrogen) atoms. The van der Waals surface area contributed by atoms with Gasteiger partial charge >= 0.3 is 0 Å². The van der Waals surface area contributed by atoms with Gasteiger partial charge in [-0.15, -0.1) is 0 Å². The molecule has 0 spiro atoms. The summed E-state index contributed by atoms with van der Waals surface area (Å²) in [6.07, 6.45) is 1.69. The van der Waals surface area contributed by atoms with Crippen molar-refractivity contribution < 1.29 is 23.7 Å². The molecule has 0 saturated carbocycles. The highest BCUT2D eigenvalue weighted by atomic mass is 79.9. The van der Waals surface area contributed by atoms with Gasteiger partial charge in [0.15, 0.2) is 17.3 Å². The number of hydrogen-bond donors (Lipinski definition) is 0. The minimum atomic E-state index is -0.167. The first-order valence-electron chi connectivity index (χ1n) is 9.25. The van der Waals surface area contributed by atoms with Gasteiger partial charge < -0.3 is 18.9 Å². The number of benzene rings is 3. The van der Waals surface area contributed by atoms with Gasteiger partial charge in [0.25, 0.3) is 0 Å². The van der Waals surface area contributed by atoms with E-state index in [0.717, 1.165) is 15.6 Å². The summed E-state index contributed by atoms with van der Waals surface area (Å²) in [6.45, 7) is 0.425. The topological polar surface area (TPSA) is 54.0 Å². The van der Waals surface area contributed by atoms with Crippen LogP contribution in [0, 0.1) is 0 Å². The Morgan fingerprint density at radius 2 is 1.70 bits per heavy atom. The smallest absolute Gasteiger partial charge is 0.231 e. The predicted molar refractivity (Wildman–Crippen MR) is 117 cm³/mol. The van der Waals surface area contributed by atoms with E-state index in [-0.39, 0.29) is 11.5 Å². The van der Waals surface area contributed by atoms with Gasteiger partial charge in [-0.05, 0) is 53.6 Å². The number of carbonyl (C=O) groups is 1. The van der Waals surface area contributed by atoms with Crippen molar-refractivity contribution in [2.24, 2.45) is 0 Å². The van der Waals surface area contributed by atoms with Crippen LogP contribution in [0.2, 0.25) is 0 Å². The molecule has 0 unspecified atom stereocenters. The van der Waals surface area contributed by atoms with Crippen molar-refractivity contribution >= 4 is 27.8 Å². The van der Waals surface area contributed by atoms with E-state index >= 15 is 0 Å². The summed E-state index contributed by atoms with van der Waals surface area (Å²) in [5.74, 6) is 2.41. The van der Waals surface area contributed by atoms with Crippen LogP contribution in [0.25, 0.3) is 6.08 Å². The van der Waals surface area contributed by atoms with Crippen LogP contribution < -0.4 is 18.9 Å². The summed E-state index contributed by atoms with van der Waals surface area (Å²) < 4.78 is 23.2. The van der Waals surface area contributed by atoms with Crippen molar-refractivity contribution in [3.8, 4) is 23.0 Å². The Balaban J connectivity index is 1.51. The summed E-state index contributed by atoms with van der Waals surface area (Å²) in [5, 5.41) is 0. The van der Waals surface area contributed by atoms with E-state index in [9.17, 15) is 4.79 Å². The molecule has 0 fully saturated rings. The maximum absolute atomic E-state index is 12.7. The van der Waals surface area contributed by atoms with E-state index in [4.69, 9.17) is 18.9 Å². The van der Waals surface area contributed by atoms with E-state index in [2.05, 4.69) is 15.9 Å². The average molecular weight is 467 g/mol. The number of fused-ring (bicyclic) bond motifs is 1. The van der Waals surface area contributed by atoms with Crippen LogP contribution in [0.15, 0.2) is 70.9 Å². The highest BCUT2D eigenvalue weighted by molar-refractivity contribution is 9.10. The molecular formula is C24H19BrO5. The molecule has 0 bridgehead atoms. The molecule has 1 heterocycles. The van der Waals surface area contributed by atoms with Gasteiger partial charge in [0.2, 0.25) is 5.78 Å². The van der Waals surface area contributed by atoms with Crippen LogP contribution in [0.4, 0.5) is 0 Å². The molecule has 0 saturated heterocycles. The fourth-order valence-electron chi connectivity index (χ4n) is 3.10. The highest BCUT2D eigenvalue weighted by Gasteiger charge is 2.27. The monoisotopic (exact) mass is 466 g/mol. The maximum atomic E-state index is 12.7. The van der Waals surface area contributed by atoms with Crippen LogP contribution >= 0.6 is 15.9 Å². The lowest BCUT2D eigenvalue weighted by Gasteiger charge is -2.08. The van der Waals surface area contributed by atoms with Gasteiger partial charge in [-0.1, -0.05) is 34.1 Å². The molecule has 0 atom stereocenters. The van der Waals surface area contributed by atoms with Crippen LogP contribution in [-0.4, -0.2) is 20.0 Å². The molecule has 4 rings (SSSR count). The number of halogens is 1. The quantitative estimate of drug-likeness (QED) is 0.438. The normalized spacial score (nSPS) is 13.7. The first-order chi connectivity index (χ1) is 14.6. The Hall–Kier alpha value is -3.25. The van der Waals surface area contributed by atoms with Crippen LogP contribution in [0.5, 0.6) is 23.0 Å². The number of methoxy groups -OCH3 is 2. The Kier molecular flexibility index (Phi) is 5.77. The van der Waals surface area contributed by atoms with Crippen molar-refractivity contribution in [1.82, 2.24) is 0 Å². The minimum absolute atomic E-state index is 0.167. The molecule has 1 aliphatic rings. The Bertz CT molecular complexity index is 1120. The standard InChI is InChI=1S/C24H19BrO5/c1-27-20-10-5-16(11-22(20)28-2)12-23-24(26)19-9-8-18(13-21(19)30-23)29-14-15-3-6-17(25)7-4-15/h3-13H,14H2,1-2H3. The summed E-state index contributed by atoms with van der Waals surface area (Å²) in [6, 6.07) is 18.6. The average Bonchev–Trinajstić information content (AvgIpc) is 3.07. The van der Waals surface area contributed by atoms with E-state index in [1.807, 2.05) is 30.3 Å². The molecule has 0 amide bonds. The van der Waals surface area contributed by atoms with Crippen molar-refractivity contribution in [3.63, 3.8) is 0 Å². The van der Waals surface area contributed by atoms with Gasteiger partial charge in [0.05, 0.1) is 19.8 Å². The summed E-state index contributed by atoms with van der Waals surface area (Å²) in [4.78, 5) is 12.7. The molecule has 152 valence electrons. The van der Waals surface area contributed by atoms with E-state index < -0.39 is 0 Å². The van der Waals surface area contributed by atoms with E-state index in [1.165, 1.54) is 0 Å².